The van der Waals surface area contributed by atoms with Gasteiger partial charge in [0.2, 0.25) is 0 Å². The SMILES string of the molecule is O=C(CN1CCCC1)N/N=C\c1ccc(N2CCOCC2)cc1. The number of amides is 1. The Kier molecular flexibility index (Phi) is 5.60. The average Bonchev–Trinajstić information content (AvgIpc) is 3.09. The molecule has 3 rings (SSSR count). The van der Waals surface area contributed by atoms with Gasteiger partial charge in [0, 0.05) is 18.8 Å². The highest BCUT2D eigenvalue weighted by Gasteiger charge is 2.14. The van der Waals surface area contributed by atoms with Gasteiger partial charge >= 0.3 is 0 Å². The van der Waals surface area contributed by atoms with Crippen molar-refractivity contribution in [2.24, 2.45) is 5.10 Å². The second-order valence-electron chi connectivity index (χ2n) is 5.97. The molecule has 23 heavy (non-hydrogen) atoms. The molecule has 124 valence electrons. The van der Waals surface area contributed by atoms with Gasteiger partial charge < -0.3 is 9.64 Å². The molecule has 1 aromatic carbocycles. The molecule has 0 aromatic heterocycles. The summed E-state index contributed by atoms with van der Waals surface area (Å²) < 4.78 is 5.36. The Morgan fingerprint density at radius 3 is 2.52 bits per heavy atom. The van der Waals surface area contributed by atoms with Crippen molar-refractivity contribution in [1.29, 1.82) is 0 Å². The van der Waals surface area contributed by atoms with Crippen molar-refractivity contribution >= 4 is 17.8 Å². The van der Waals surface area contributed by atoms with Gasteiger partial charge in [0.05, 0.1) is 26.0 Å². The lowest BCUT2D eigenvalue weighted by Gasteiger charge is -2.28. The van der Waals surface area contributed by atoms with Gasteiger partial charge in [-0.1, -0.05) is 12.1 Å². The Bertz CT molecular complexity index is 532. The zero-order valence-electron chi connectivity index (χ0n) is 13.4. The van der Waals surface area contributed by atoms with E-state index in [9.17, 15) is 4.79 Å². The van der Waals surface area contributed by atoms with E-state index in [4.69, 9.17) is 4.74 Å². The maximum Gasteiger partial charge on any atom is 0.254 e. The van der Waals surface area contributed by atoms with Crippen molar-refractivity contribution in [2.45, 2.75) is 12.8 Å². The van der Waals surface area contributed by atoms with Gasteiger partial charge in [0.25, 0.3) is 5.91 Å². The minimum Gasteiger partial charge on any atom is -0.378 e. The van der Waals surface area contributed by atoms with E-state index in [1.807, 2.05) is 12.1 Å². The maximum atomic E-state index is 11.8. The highest BCUT2D eigenvalue weighted by Crippen LogP contribution is 2.15. The summed E-state index contributed by atoms with van der Waals surface area (Å²) in [7, 11) is 0. The summed E-state index contributed by atoms with van der Waals surface area (Å²) in [6.45, 7) is 5.89. The number of rotatable bonds is 5. The van der Waals surface area contributed by atoms with Crippen LogP contribution in [0.15, 0.2) is 29.4 Å². The molecule has 0 bridgehead atoms. The minimum atomic E-state index is -0.0481. The second-order valence-corrected chi connectivity index (χ2v) is 5.97. The van der Waals surface area contributed by atoms with E-state index in [0.29, 0.717) is 6.54 Å². The number of carbonyl (C=O) groups excluding carboxylic acids is 1. The molecule has 0 atom stereocenters. The van der Waals surface area contributed by atoms with Crippen molar-refractivity contribution in [2.75, 3.05) is 50.8 Å². The molecule has 0 aliphatic carbocycles. The number of hydrogen-bond acceptors (Lipinski definition) is 5. The lowest BCUT2D eigenvalue weighted by atomic mass is 10.2. The monoisotopic (exact) mass is 316 g/mol. The number of likely N-dealkylation sites (tertiary alicyclic amines) is 1. The van der Waals surface area contributed by atoms with Crippen molar-refractivity contribution < 1.29 is 9.53 Å². The molecule has 2 aliphatic heterocycles. The summed E-state index contributed by atoms with van der Waals surface area (Å²) in [4.78, 5) is 16.2. The van der Waals surface area contributed by atoms with Crippen LogP contribution in [0.4, 0.5) is 5.69 Å². The van der Waals surface area contributed by atoms with Gasteiger partial charge in [-0.05, 0) is 43.6 Å². The zero-order valence-corrected chi connectivity index (χ0v) is 13.4. The van der Waals surface area contributed by atoms with E-state index < -0.39 is 0 Å². The quantitative estimate of drug-likeness (QED) is 0.652. The molecule has 1 amide bonds. The third kappa shape index (κ3) is 4.77. The van der Waals surface area contributed by atoms with E-state index >= 15 is 0 Å². The molecule has 1 N–H and O–H groups in total. The number of nitrogens with zero attached hydrogens (tertiary/aromatic N) is 3. The number of nitrogens with one attached hydrogen (secondary N) is 1. The van der Waals surface area contributed by atoms with E-state index in [1.54, 1.807) is 6.21 Å². The summed E-state index contributed by atoms with van der Waals surface area (Å²) in [6.07, 6.45) is 4.06. The van der Waals surface area contributed by atoms with Crippen LogP contribution >= 0.6 is 0 Å². The third-order valence-electron chi connectivity index (χ3n) is 4.24. The smallest absolute Gasteiger partial charge is 0.254 e. The Labute approximate surface area is 137 Å². The van der Waals surface area contributed by atoms with Gasteiger partial charge in [0.1, 0.15) is 0 Å². The number of benzene rings is 1. The molecule has 0 radical (unpaired) electrons. The van der Waals surface area contributed by atoms with Crippen LogP contribution in [0.1, 0.15) is 18.4 Å². The first kappa shape index (κ1) is 16.0. The average molecular weight is 316 g/mol. The molecule has 0 saturated carbocycles. The lowest BCUT2D eigenvalue weighted by molar-refractivity contribution is -0.121. The van der Waals surface area contributed by atoms with Crippen molar-refractivity contribution in [3.63, 3.8) is 0 Å². The fraction of sp³-hybridized carbons (Fsp3) is 0.529. The molecule has 0 spiro atoms. The van der Waals surface area contributed by atoms with Crippen molar-refractivity contribution in [3.8, 4) is 0 Å². The predicted molar refractivity (Wildman–Crippen MR) is 90.9 cm³/mol. The molecule has 6 nitrogen and oxygen atoms in total. The summed E-state index contributed by atoms with van der Waals surface area (Å²) in [6, 6.07) is 8.19. The Morgan fingerprint density at radius 2 is 1.83 bits per heavy atom. The Morgan fingerprint density at radius 1 is 1.13 bits per heavy atom. The van der Waals surface area contributed by atoms with Crippen LogP contribution < -0.4 is 10.3 Å². The largest absolute Gasteiger partial charge is 0.378 e. The Hall–Kier alpha value is -1.92. The first-order chi connectivity index (χ1) is 11.3. The fourth-order valence-corrected chi connectivity index (χ4v) is 2.95. The van der Waals surface area contributed by atoms with Gasteiger partial charge in [-0.3, -0.25) is 9.69 Å². The molecular weight excluding hydrogens is 292 g/mol. The number of carbonyl (C=O) groups is 1. The normalized spacial score (nSPS) is 19.4. The van der Waals surface area contributed by atoms with Crippen LogP contribution in [0.3, 0.4) is 0 Å². The molecule has 0 unspecified atom stereocenters. The first-order valence-electron chi connectivity index (χ1n) is 8.28. The van der Waals surface area contributed by atoms with Crippen LogP contribution in [0, 0.1) is 0 Å². The highest BCUT2D eigenvalue weighted by molar-refractivity contribution is 5.83. The molecule has 2 heterocycles. The van der Waals surface area contributed by atoms with Crippen molar-refractivity contribution in [3.05, 3.63) is 29.8 Å². The minimum absolute atomic E-state index is 0.0481. The van der Waals surface area contributed by atoms with Crippen molar-refractivity contribution in [1.82, 2.24) is 10.3 Å². The zero-order chi connectivity index (χ0) is 15.9. The summed E-state index contributed by atoms with van der Waals surface area (Å²) in [5, 5.41) is 4.04. The number of anilines is 1. The van der Waals surface area contributed by atoms with Gasteiger partial charge in [-0.15, -0.1) is 0 Å². The highest BCUT2D eigenvalue weighted by atomic mass is 16.5. The van der Waals surface area contributed by atoms with Crippen LogP contribution in [0.5, 0.6) is 0 Å². The molecule has 1 aromatic rings. The first-order valence-corrected chi connectivity index (χ1v) is 8.28. The van der Waals surface area contributed by atoms with E-state index in [1.165, 1.54) is 18.5 Å². The molecule has 2 aliphatic rings. The maximum absolute atomic E-state index is 11.8. The molecule has 6 heteroatoms. The van der Waals surface area contributed by atoms with Crippen LogP contribution in [0.2, 0.25) is 0 Å². The predicted octanol–water partition coefficient (Wildman–Crippen LogP) is 1.07. The number of morpholine rings is 1. The standard InChI is InChI=1S/C17H24N4O2/c22-17(14-20-7-1-2-8-20)19-18-13-15-3-5-16(6-4-15)21-9-11-23-12-10-21/h3-6,13H,1-2,7-12,14H2,(H,19,22)/b18-13-. The van der Waals surface area contributed by atoms with Gasteiger partial charge in [-0.2, -0.15) is 5.10 Å². The third-order valence-corrected chi connectivity index (χ3v) is 4.24. The molecular formula is C17H24N4O2. The van der Waals surface area contributed by atoms with Crippen LogP contribution in [0.25, 0.3) is 0 Å². The van der Waals surface area contributed by atoms with E-state index in [0.717, 1.165) is 45.0 Å². The molecule has 2 saturated heterocycles. The van der Waals surface area contributed by atoms with Crippen LogP contribution in [-0.2, 0) is 9.53 Å². The van der Waals surface area contributed by atoms with Gasteiger partial charge in [-0.25, -0.2) is 5.43 Å². The number of hydrazone groups is 1. The lowest BCUT2D eigenvalue weighted by Crippen LogP contribution is -2.36. The second kappa shape index (κ2) is 8.08. The molecule has 2 fully saturated rings. The Balaban J connectivity index is 1.46. The summed E-state index contributed by atoms with van der Waals surface area (Å²) in [5.41, 5.74) is 4.77. The number of ether oxygens (including phenoxy) is 1. The van der Waals surface area contributed by atoms with E-state index in [2.05, 4.69) is 32.5 Å². The fourth-order valence-electron chi connectivity index (χ4n) is 2.95. The van der Waals surface area contributed by atoms with Gasteiger partial charge in [0.15, 0.2) is 0 Å². The van der Waals surface area contributed by atoms with Crippen LogP contribution in [-0.4, -0.2) is 63.0 Å². The van der Waals surface area contributed by atoms with E-state index in [-0.39, 0.29) is 5.91 Å². The summed E-state index contributed by atoms with van der Waals surface area (Å²) in [5.74, 6) is -0.0481. The summed E-state index contributed by atoms with van der Waals surface area (Å²) >= 11 is 0. The topological polar surface area (TPSA) is 57.2 Å². The number of hydrogen-bond donors (Lipinski definition) is 1.